The monoisotopic (exact) mass is 244 g/mol. The van der Waals surface area contributed by atoms with Gasteiger partial charge in [-0.1, -0.05) is 13.8 Å². The van der Waals surface area contributed by atoms with Crippen molar-refractivity contribution in [3.05, 3.63) is 14.5 Å². The Bertz CT molecular complexity index is 311. The third kappa shape index (κ3) is 2.29. The highest BCUT2D eigenvalue weighted by Crippen LogP contribution is 2.25. The van der Waals surface area contributed by atoms with Crippen LogP contribution < -0.4 is 0 Å². The second-order valence-corrected chi connectivity index (χ2v) is 5.34. The van der Waals surface area contributed by atoms with Crippen LogP contribution in [0.2, 0.25) is 0 Å². The molecule has 12 heavy (non-hydrogen) atoms. The summed E-state index contributed by atoms with van der Waals surface area (Å²) in [5.74, 6) is 0.592. The van der Waals surface area contributed by atoms with E-state index in [1.165, 1.54) is 0 Å². The van der Waals surface area contributed by atoms with Crippen molar-refractivity contribution in [3.8, 4) is 6.07 Å². The molecule has 0 aliphatic heterocycles. The molecule has 0 radical (unpaired) electrons. The number of hydrogen-bond donors (Lipinski definition) is 0. The van der Waals surface area contributed by atoms with Crippen LogP contribution in [-0.2, 0) is 6.42 Å². The summed E-state index contributed by atoms with van der Waals surface area (Å²) in [7, 11) is 0. The van der Waals surface area contributed by atoms with Crippen LogP contribution in [0.15, 0.2) is 3.79 Å². The molecule has 0 fully saturated rings. The van der Waals surface area contributed by atoms with Crippen molar-refractivity contribution in [2.75, 3.05) is 0 Å². The van der Waals surface area contributed by atoms with Gasteiger partial charge in [0.1, 0.15) is 9.86 Å². The molecule has 0 atom stereocenters. The van der Waals surface area contributed by atoms with Gasteiger partial charge in [-0.2, -0.15) is 5.26 Å². The Balaban J connectivity index is 2.84. The van der Waals surface area contributed by atoms with Crippen LogP contribution in [-0.4, -0.2) is 4.98 Å². The quantitative estimate of drug-likeness (QED) is 0.803. The highest BCUT2D eigenvalue weighted by Gasteiger charge is 2.08. The van der Waals surface area contributed by atoms with E-state index in [2.05, 4.69) is 34.8 Å². The van der Waals surface area contributed by atoms with Gasteiger partial charge in [0.15, 0.2) is 5.69 Å². The summed E-state index contributed by atoms with van der Waals surface area (Å²) in [6.45, 7) is 4.28. The number of nitrogens with zero attached hydrogens (tertiary/aromatic N) is 2. The summed E-state index contributed by atoms with van der Waals surface area (Å²) < 4.78 is 0.848. The maximum Gasteiger partial charge on any atom is 0.165 e. The van der Waals surface area contributed by atoms with Crippen LogP contribution in [0, 0.1) is 17.2 Å². The molecule has 0 aliphatic carbocycles. The average Bonchev–Trinajstić information content (AvgIpc) is 2.29. The molecular weight excluding hydrogens is 236 g/mol. The average molecular weight is 245 g/mol. The van der Waals surface area contributed by atoms with E-state index in [4.69, 9.17) is 5.26 Å². The summed E-state index contributed by atoms with van der Waals surface area (Å²) in [5, 5.41) is 9.67. The van der Waals surface area contributed by atoms with Crippen LogP contribution in [0.4, 0.5) is 0 Å². The van der Waals surface area contributed by atoms with E-state index >= 15 is 0 Å². The zero-order chi connectivity index (χ0) is 9.14. The van der Waals surface area contributed by atoms with Gasteiger partial charge in [0.2, 0.25) is 0 Å². The van der Waals surface area contributed by atoms with E-state index in [1.54, 1.807) is 11.3 Å². The Morgan fingerprint density at radius 3 is 2.75 bits per heavy atom. The van der Waals surface area contributed by atoms with Crippen molar-refractivity contribution in [1.29, 1.82) is 5.26 Å². The molecule has 0 bridgehead atoms. The lowest BCUT2D eigenvalue weighted by Gasteiger charge is -1.97. The number of hydrogen-bond acceptors (Lipinski definition) is 3. The van der Waals surface area contributed by atoms with Crippen molar-refractivity contribution in [2.45, 2.75) is 20.3 Å². The smallest absolute Gasteiger partial charge is 0.165 e. The predicted molar refractivity (Wildman–Crippen MR) is 53.1 cm³/mol. The van der Waals surface area contributed by atoms with Crippen molar-refractivity contribution < 1.29 is 0 Å². The summed E-state index contributed by atoms with van der Waals surface area (Å²) in [6.07, 6.45) is 0.949. The van der Waals surface area contributed by atoms with E-state index in [-0.39, 0.29) is 0 Å². The first-order valence-corrected chi connectivity index (χ1v) is 5.29. The summed E-state index contributed by atoms with van der Waals surface area (Å²) in [6, 6.07) is 2.04. The van der Waals surface area contributed by atoms with Crippen molar-refractivity contribution >= 4 is 27.3 Å². The minimum absolute atomic E-state index is 0.510. The lowest BCUT2D eigenvalue weighted by Crippen LogP contribution is -1.92. The molecule has 2 nitrogen and oxygen atoms in total. The van der Waals surface area contributed by atoms with Gasteiger partial charge in [0, 0.05) is 6.42 Å². The van der Waals surface area contributed by atoms with Gasteiger partial charge in [0.05, 0.1) is 5.01 Å². The number of nitriles is 1. The Morgan fingerprint density at radius 1 is 1.67 bits per heavy atom. The van der Waals surface area contributed by atoms with E-state index < -0.39 is 0 Å². The molecule has 64 valence electrons. The summed E-state index contributed by atoms with van der Waals surface area (Å²) in [4.78, 5) is 4.18. The normalized spacial score (nSPS) is 10.2. The van der Waals surface area contributed by atoms with Crippen LogP contribution in [0.1, 0.15) is 24.5 Å². The Hall–Kier alpha value is -0.400. The van der Waals surface area contributed by atoms with Gasteiger partial charge in [-0.3, -0.25) is 0 Å². The van der Waals surface area contributed by atoms with Crippen LogP contribution >= 0.6 is 27.3 Å². The lowest BCUT2D eigenvalue weighted by atomic mass is 10.1. The molecule has 0 spiro atoms. The molecule has 1 rings (SSSR count). The molecule has 1 heterocycles. The number of aromatic nitrogens is 1. The first-order chi connectivity index (χ1) is 5.63. The molecule has 1 aromatic heterocycles. The minimum atomic E-state index is 0.510. The second kappa shape index (κ2) is 4.01. The van der Waals surface area contributed by atoms with E-state index in [0.717, 1.165) is 15.2 Å². The van der Waals surface area contributed by atoms with Crippen molar-refractivity contribution in [2.24, 2.45) is 5.92 Å². The van der Waals surface area contributed by atoms with Gasteiger partial charge >= 0.3 is 0 Å². The van der Waals surface area contributed by atoms with Gasteiger partial charge in [-0.15, -0.1) is 11.3 Å². The molecule has 0 aromatic carbocycles. The van der Waals surface area contributed by atoms with Gasteiger partial charge < -0.3 is 0 Å². The molecule has 0 amide bonds. The Kier molecular flexibility index (Phi) is 3.24. The predicted octanol–water partition coefficient (Wildman–Crippen LogP) is 2.98. The third-order valence-corrected chi connectivity index (χ3v) is 3.05. The third-order valence-electron chi connectivity index (χ3n) is 1.32. The maximum absolute atomic E-state index is 8.63. The Morgan fingerprint density at radius 2 is 2.33 bits per heavy atom. The summed E-state index contributed by atoms with van der Waals surface area (Å²) >= 11 is 4.85. The van der Waals surface area contributed by atoms with Crippen LogP contribution in [0.3, 0.4) is 0 Å². The lowest BCUT2D eigenvalue weighted by molar-refractivity contribution is 0.644. The molecule has 0 N–H and O–H groups in total. The van der Waals surface area contributed by atoms with Crippen LogP contribution in [0.5, 0.6) is 0 Å². The molecule has 0 aliphatic rings. The highest BCUT2D eigenvalue weighted by molar-refractivity contribution is 9.11. The highest BCUT2D eigenvalue weighted by atomic mass is 79.9. The van der Waals surface area contributed by atoms with Gasteiger partial charge in [-0.25, -0.2) is 4.98 Å². The van der Waals surface area contributed by atoms with E-state index in [0.29, 0.717) is 11.6 Å². The zero-order valence-electron chi connectivity index (χ0n) is 6.97. The first kappa shape index (κ1) is 9.69. The van der Waals surface area contributed by atoms with Crippen molar-refractivity contribution in [1.82, 2.24) is 4.98 Å². The van der Waals surface area contributed by atoms with E-state index in [9.17, 15) is 0 Å². The molecular formula is C8H9BrN2S. The molecule has 0 saturated carbocycles. The van der Waals surface area contributed by atoms with Crippen LogP contribution in [0.25, 0.3) is 0 Å². The fourth-order valence-electron chi connectivity index (χ4n) is 0.849. The largest absolute Gasteiger partial charge is 0.229 e. The molecule has 0 unspecified atom stereocenters. The molecule has 1 aromatic rings. The maximum atomic E-state index is 8.63. The second-order valence-electron chi connectivity index (χ2n) is 2.94. The standard InChI is InChI=1S/C8H9BrN2S/c1-5(2)3-7-11-6(4-10)8(9)12-7/h5H,3H2,1-2H3. The zero-order valence-corrected chi connectivity index (χ0v) is 9.37. The summed E-state index contributed by atoms with van der Waals surface area (Å²) in [5.41, 5.74) is 0.510. The topological polar surface area (TPSA) is 36.7 Å². The fraction of sp³-hybridized carbons (Fsp3) is 0.500. The minimum Gasteiger partial charge on any atom is -0.229 e. The van der Waals surface area contributed by atoms with Crippen molar-refractivity contribution in [3.63, 3.8) is 0 Å². The Labute approximate surface area is 84.4 Å². The molecule has 0 saturated heterocycles. The number of halogens is 1. The van der Waals surface area contributed by atoms with Gasteiger partial charge in [-0.05, 0) is 21.8 Å². The number of rotatable bonds is 2. The first-order valence-electron chi connectivity index (χ1n) is 3.68. The number of thiazole rings is 1. The SMILES string of the molecule is CC(C)Cc1nc(C#N)c(Br)s1. The fourth-order valence-corrected chi connectivity index (χ4v) is 2.54. The van der Waals surface area contributed by atoms with E-state index in [1.807, 2.05) is 6.07 Å². The van der Waals surface area contributed by atoms with Gasteiger partial charge in [0.25, 0.3) is 0 Å². The molecule has 4 heteroatoms.